The number of benzene rings is 1. The summed E-state index contributed by atoms with van der Waals surface area (Å²) in [6.07, 6.45) is 3.55. The van der Waals surface area contributed by atoms with Crippen LogP contribution in [0, 0.1) is 5.41 Å². The highest BCUT2D eigenvalue weighted by Gasteiger charge is 2.22. The summed E-state index contributed by atoms with van der Waals surface area (Å²) in [4.78, 5) is 0. The van der Waals surface area contributed by atoms with E-state index in [1.165, 1.54) is 12.8 Å². The monoisotopic (exact) mass is 327 g/mol. The van der Waals surface area contributed by atoms with Crippen molar-refractivity contribution in [2.75, 3.05) is 19.7 Å². The van der Waals surface area contributed by atoms with Gasteiger partial charge >= 0.3 is 0 Å². The van der Waals surface area contributed by atoms with Crippen LogP contribution >= 0.6 is 15.9 Å². The number of nitrogens with one attached hydrogen (secondary N) is 1. The third-order valence-corrected chi connectivity index (χ3v) is 3.97. The van der Waals surface area contributed by atoms with Crippen LogP contribution in [0.2, 0.25) is 0 Å². The Kier molecular flexibility index (Phi) is 7.47. The summed E-state index contributed by atoms with van der Waals surface area (Å²) in [6, 6.07) is 8.04. The molecule has 19 heavy (non-hydrogen) atoms. The van der Waals surface area contributed by atoms with Gasteiger partial charge in [0.2, 0.25) is 0 Å². The first-order chi connectivity index (χ1) is 9.09. The van der Waals surface area contributed by atoms with Gasteiger partial charge in [-0.05, 0) is 49.1 Å². The Hall–Kier alpha value is -0.540. The molecule has 0 aliphatic rings. The van der Waals surface area contributed by atoms with Crippen LogP contribution in [0.25, 0.3) is 0 Å². The van der Waals surface area contributed by atoms with Crippen molar-refractivity contribution in [1.82, 2.24) is 5.32 Å². The number of rotatable bonds is 9. The van der Waals surface area contributed by atoms with E-state index in [2.05, 4.69) is 42.0 Å². The van der Waals surface area contributed by atoms with Gasteiger partial charge in [-0.2, -0.15) is 0 Å². The van der Waals surface area contributed by atoms with Crippen LogP contribution in [0.1, 0.15) is 40.0 Å². The molecule has 1 unspecified atom stereocenters. The smallest absolute Gasteiger partial charge is 0.119 e. The van der Waals surface area contributed by atoms with E-state index < -0.39 is 0 Å². The van der Waals surface area contributed by atoms with Gasteiger partial charge in [-0.25, -0.2) is 0 Å². The second-order valence-corrected chi connectivity index (χ2v) is 6.31. The Morgan fingerprint density at radius 1 is 1.16 bits per heavy atom. The van der Waals surface area contributed by atoms with Crippen molar-refractivity contribution in [3.05, 3.63) is 28.7 Å². The van der Waals surface area contributed by atoms with Crippen LogP contribution in [0.4, 0.5) is 0 Å². The molecule has 0 saturated carbocycles. The van der Waals surface area contributed by atoms with E-state index in [1.54, 1.807) is 0 Å². The summed E-state index contributed by atoms with van der Waals surface area (Å²) >= 11 is 3.43. The lowest BCUT2D eigenvalue weighted by Gasteiger charge is -2.29. The Balaban J connectivity index is 2.40. The molecule has 0 spiro atoms. The minimum Gasteiger partial charge on any atom is -0.494 e. The minimum atomic E-state index is 0.333. The second kappa shape index (κ2) is 8.60. The minimum absolute atomic E-state index is 0.333. The van der Waals surface area contributed by atoms with E-state index in [0.29, 0.717) is 5.41 Å². The standard InChI is InChI=1S/C16H26BrNO/c1-4-10-16(3,13-18-5-2)11-12-19-15-8-6-14(17)7-9-15/h6-9,18H,4-5,10-13H2,1-3H3. The van der Waals surface area contributed by atoms with Gasteiger partial charge in [-0.3, -0.25) is 0 Å². The molecule has 0 radical (unpaired) electrons. The molecule has 0 saturated heterocycles. The van der Waals surface area contributed by atoms with Gasteiger partial charge in [-0.1, -0.05) is 43.1 Å². The van der Waals surface area contributed by atoms with Gasteiger partial charge in [0.25, 0.3) is 0 Å². The van der Waals surface area contributed by atoms with Crippen LogP contribution in [-0.4, -0.2) is 19.7 Å². The first-order valence-corrected chi connectivity index (χ1v) is 7.98. The molecule has 1 atom stereocenters. The highest BCUT2D eigenvalue weighted by Crippen LogP contribution is 2.27. The average Bonchev–Trinajstić information content (AvgIpc) is 2.39. The molecule has 1 N–H and O–H groups in total. The van der Waals surface area contributed by atoms with E-state index in [-0.39, 0.29) is 0 Å². The Labute approximate surface area is 126 Å². The highest BCUT2D eigenvalue weighted by molar-refractivity contribution is 9.10. The largest absolute Gasteiger partial charge is 0.494 e. The first kappa shape index (κ1) is 16.5. The summed E-state index contributed by atoms with van der Waals surface area (Å²) in [7, 11) is 0. The van der Waals surface area contributed by atoms with Crippen molar-refractivity contribution in [2.45, 2.75) is 40.0 Å². The lowest BCUT2D eigenvalue weighted by molar-refractivity contribution is 0.193. The van der Waals surface area contributed by atoms with Gasteiger partial charge in [-0.15, -0.1) is 0 Å². The maximum absolute atomic E-state index is 5.83. The van der Waals surface area contributed by atoms with Gasteiger partial charge in [0, 0.05) is 11.0 Å². The fourth-order valence-corrected chi connectivity index (χ4v) is 2.54. The summed E-state index contributed by atoms with van der Waals surface area (Å²) in [5.74, 6) is 0.950. The Morgan fingerprint density at radius 2 is 1.84 bits per heavy atom. The molecule has 0 aliphatic heterocycles. The van der Waals surface area contributed by atoms with E-state index in [9.17, 15) is 0 Å². The molecule has 1 aromatic carbocycles. The van der Waals surface area contributed by atoms with Gasteiger partial charge < -0.3 is 10.1 Å². The predicted molar refractivity (Wildman–Crippen MR) is 85.8 cm³/mol. The zero-order chi connectivity index (χ0) is 14.1. The Morgan fingerprint density at radius 3 is 2.42 bits per heavy atom. The summed E-state index contributed by atoms with van der Waals surface area (Å²) in [6.45, 7) is 9.64. The normalized spacial score (nSPS) is 14.1. The maximum atomic E-state index is 5.83. The van der Waals surface area contributed by atoms with Crippen LogP contribution in [0.15, 0.2) is 28.7 Å². The summed E-state index contributed by atoms with van der Waals surface area (Å²) < 4.78 is 6.92. The maximum Gasteiger partial charge on any atom is 0.119 e. The van der Waals surface area contributed by atoms with Crippen LogP contribution in [0.3, 0.4) is 0 Å². The molecule has 0 bridgehead atoms. The fourth-order valence-electron chi connectivity index (χ4n) is 2.28. The molecule has 3 heteroatoms. The molecule has 1 rings (SSSR count). The van der Waals surface area contributed by atoms with E-state index >= 15 is 0 Å². The van der Waals surface area contributed by atoms with E-state index in [1.807, 2.05) is 24.3 Å². The summed E-state index contributed by atoms with van der Waals surface area (Å²) in [5, 5.41) is 3.47. The average molecular weight is 328 g/mol. The number of ether oxygens (including phenoxy) is 1. The van der Waals surface area contributed by atoms with Crippen molar-refractivity contribution in [2.24, 2.45) is 5.41 Å². The fraction of sp³-hybridized carbons (Fsp3) is 0.625. The van der Waals surface area contributed by atoms with Gasteiger partial charge in [0.05, 0.1) is 6.61 Å². The van der Waals surface area contributed by atoms with Gasteiger partial charge in [0.1, 0.15) is 5.75 Å². The lowest BCUT2D eigenvalue weighted by atomic mass is 9.82. The molecule has 1 aromatic rings. The van der Waals surface area contributed by atoms with E-state index in [0.717, 1.165) is 36.3 Å². The zero-order valence-corrected chi connectivity index (χ0v) is 13.9. The van der Waals surface area contributed by atoms with Gasteiger partial charge in [0.15, 0.2) is 0 Å². The number of hydrogen-bond donors (Lipinski definition) is 1. The van der Waals surface area contributed by atoms with Crippen molar-refractivity contribution in [3.63, 3.8) is 0 Å². The first-order valence-electron chi connectivity index (χ1n) is 7.19. The summed E-state index contributed by atoms with van der Waals surface area (Å²) in [5.41, 5.74) is 0.333. The molecular weight excluding hydrogens is 302 g/mol. The Bertz CT molecular complexity index is 352. The van der Waals surface area contributed by atoms with Crippen LogP contribution in [-0.2, 0) is 0 Å². The third kappa shape index (κ3) is 6.44. The SMILES string of the molecule is CCCC(C)(CCOc1ccc(Br)cc1)CNCC. The molecule has 0 heterocycles. The molecule has 108 valence electrons. The quantitative estimate of drug-likeness (QED) is 0.713. The van der Waals surface area contributed by atoms with E-state index in [4.69, 9.17) is 4.74 Å². The molecule has 0 amide bonds. The van der Waals surface area contributed by atoms with Crippen molar-refractivity contribution >= 4 is 15.9 Å². The topological polar surface area (TPSA) is 21.3 Å². The van der Waals surface area contributed by atoms with Crippen molar-refractivity contribution in [1.29, 1.82) is 0 Å². The lowest BCUT2D eigenvalue weighted by Crippen LogP contribution is -2.33. The predicted octanol–water partition coefficient (Wildman–Crippen LogP) is 4.63. The molecule has 0 aromatic heterocycles. The molecular formula is C16H26BrNO. The van der Waals surface area contributed by atoms with Crippen LogP contribution < -0.4 is 10.1 Å². The third-order valence-electron chi connectivity index (χ3n) is 3.44. The molecule has 0 fully saturated rings. The zero-order valence-electron chi connectivity index (χ0n) is 12.3. The number of hydrogen-bond acceptors (Lipinski definition) is 2. The second-order valence-electron chi connectivity index (χ2n) is 5.39. The van der Waals surface area contributed by atoms with Crippen LogP contribution in [0.5, 0.6) is 5.75 Å². The van der Waals surface area contributed by atoms with Crippen molar-refractivity contribution < 1.29 is 4.74 Å². The number of halogens is 1. The van der Waals surface area contributed by atoms with Crippen molar-refractivity contribution in [3.8, 4) is 5.75 Å². The molecule has 0 aliphatic carbocycles. The highest BCUT2D eigenvalue weighted by atomic mass is 79.9. The molecule has 2 nitrogen and oxygen atoms in total.